The van der Waals surface area contributed by atoms with Crippen molar-refractivity contribution in [2.45, 2.75) is 122 Å². The zero-order chi connectivity index (χ0) is 21.8. The van der Waals surface area contributed by atoms with Crippen molar-refractivity contribution >= 4 is 11.8 Å². The van der Waals surface area contributed by atoms with Crippen LogP contribution in [-0.2, 0) is 14.2 Å². The Kier molecular flexibility index (Phi) is 16.8. The van der Waals surface area contributed by atoms with Gasteiger partial charge in [-0.05, 0) is 31.1 Å². The summed E-state index contributed by atoms with van der Waals surface area (Å²) in [4.78, 5) is 2.36. The van der Waals surface area contributed by atoms with Crippen molar-refractivity contribution in [3.05, 3.63) is 11.6 Å². The van der Waals surface area contributed by atoms with E-state index in [1.165, 1.54) is 89.9 Å². The van der Waals surface area contributed by atoms with Gasteiger partial charge in [0.05, 0.1) is 19.1 Å². The molecule has 2 aliphatic heterocycles. The summed E-state index contributed by atoms with van der Waals surface area (Å²) in [6.07, 6.45) is 23.8. The second kappa shape index (κ2) is 19.3. The summed E-state index contributed by atoms with van der Waals surface area (Å²) in [6, 6.07) is 0. The number of thioether (sulfide) groups is 1. The SMILES string of the molecule is CCCCCCCCCCCCCCCC1OCC(COCCCCN2C=CSC2)O1. The first-order chi connectivity index (χ1) is 15.4. The molecule has 0 N–H and O–H groups in total. The summed E-state index contributed by atoms with van der Waals surface area (Å²) in [5, 5.41) is 2.17. The van der Waals surface area contributed by atoms with Gasteiger partial charge >= 0.3 is 0 Å². The van der Waals surface area contributed by atoms with E-state index in [0.717, 1.165) is 31.9 Å². The molecule has 1 saturated heterocycles. The molecule has 0 radical (unpaired) electrons. The van der Waals surface area contributed by atoms with E-state index >= 15 is 0 Å². The number of unbranched alkanes of at least 4 members (excludes halogenated alkanes) is 13. The molecule has 5 heteroatoms. The quantitative estimate of drug-likeness (QED) is 0.167. The van der Waals surface area contributed by atoms with E-state index in [4.69, 9.17) is 14.2 Å². The molecule has 31 heavy (non-hydrogen) atoms. The lowest BCUT2D eigenvalue weighted by atomic mass is 10.0. The van der Waals surface area contributed by atoms with Crippen LogP contribution in [0.3, 0.4) is 0 Å². The highest BCUT2D eigenvalue weighted by Crippen LogP contribution is 2.19. The molecule has 0 aliphatic carbocycles. The standard InChI is InChI=1S/C26H49NO3S/c1-2-3-4-5-6-7-8-9-10-11-12-13-14-17-26-29-23-25(30-26)22-28-20-16-15-18-27-19-21-31-24-27/h19,21,25-26H,2-18,20,22-24H2,1H3. The van der Waals surface area contributed by atoms with Crippen LogP contribution in [0.4, 0.5) is 0 Å². The fourth-order valence-electron chi connectivity index (χ4n) is 4.26. The van der Waals surface area contributed by atoms with E-state index in [0.29, 0.717) is 13.2 Å². The summed E-state index contributed by atoms with van der Waals surface area (Å²) < 4.78 is 17.6. The molecule has 0 aromatic carbocycles. The van der Waals surface area contributed by atoms with Crippen molar-refractivity contribution in [2.24, 2.45) is 0 Å². The van der Waals surface area contributed by atoms with Crippen molar-refractivity contribution in [3.63, 3.8) is 0 Å². The number of hydrogen-bond donors (Lipinski definition) is 0. The fourth-order valence-corrected chi connectivity index (χ4v) is 5.01. The van der Waals surface area contributed by atoms with E-state index in [-0.39, 0.29) is 12.4 Å². The van der Waals surface area contributed by atoms with Crippen molar-refractivity contribution in [1.82, 2.24) is 4.90 Å². The Morgan fingerprint density at radius 3 is 2.19 bits per heavy atom. The zero-order valence-electron chi connectivity index (χ0n) is 20.2. The van der Waals surface area contributed by atoms with Crippen LogP contribution < -0.4 is 0 Å². The molecule has 0 aromatic rings. The number of ether oxygens (including phenoxy) is 3. The van der Waals surface area contributed by atoms with E-state index < -0.39 is 0 Å². The van der Waals surface area contributed by atoms with E-state index in [1.54, 1.807) is 0 Å². The lowest BCUT2D eigenvalue weighted by Crippen LogP contribution is -2.20. The van der Waals surface area contributed by atoms with Gasteiger partial charge in [0.1, 0.15) is 6.10 Å². The Bertz CT molecular complexity index is 435. The van der Waals surface area contributed by atoms with Gasteiger partial charge in [-0.1, -0.05) is 84.0 Å². The van der Waals surface area contributed by atoms with Gasteiger partial charge in [-0.25, -0.2) is 0 Å². The minimum Gasteiger partial charge on any atom is -0.379 e. The maximum Gasteiger partial charge on any atom is 0.158 e. The van der Waals surface area contributed by atoms with Crippen LogP contribution in [0.2, 0.25) is 0 Å². The topological polar surface area (TPSA) is 30.9 Å². The van der Waals surface area contributed by atoms with Crippen LogP contribution in [0.25, 0.3) is 0 Å². The molecular formula is C26H49NO3S. The second-order valence-electron chi connectivity index (χ2n) is 9.23. The maximum absolute atomic E-state index is 5.99. The summed E-state index contributed by atoms with van der Waals surface area (Å²) in [5.74, 6) is 1.11. The van der Waals surface area contributed by atoms with Gasteiger partial charge in [0, 0.05) is 19.4 Å². The average Bonchev–Trinajstić information content (AvgIpc) is 3.46. The number of nitrogens with zero attached hydrogens (tertiary/aromatic N) is 1. The van der Waals surface area contributed by atoms with Gasteiger partial charge in [0.2, 0.25) is 0 Å². The smallest absolute Gasteiger partial charge is 0.158 e. The summed E-state index contributed by atoms with van der Waals surface area (Å²) in [5.41, 5.74) is 0. The molecule has 1 fully saturated rings. The molecule has 0 aromatic heterocycles. The Hall–Kier alpha value is -0.230. The van der Waals surface area contributed by atoms with Crippen LogP contribution in [-0.4, -0.2) is 49.5 Å². The normalized spacial score (nSPS) is 20.9. The molecule has 182 valence electrons. The van der Waals surface area contributed by atoms with Crippen LogP contribution in [0.1, 0.15) is 110 Å². The maximum atomic E-state index is 5.99. The monoisotopic (exact) mass is 455 g/mol. The average molecular weight is 456 g/mol. The molecule has 2 heterocycles. The minimum atomic E-state index is 0.000706. The van der Waals surface area contributed by atoms with Gasteiger partial charge in [-0.15, -0.1) is 11.8 Å². The largest absolute Gasteiger partial charge is 0.379 e. The third-order valence-corrected chi connectivity index (χ3v) is 7.05. The Labute approximate surface area is 196 Å². The second-order valence-corrected chi connectivity index (χ2v) is 10.1. The van der Waals surface area contributed by atoms with Crippen LogP contribution in [0, 0.1) is 0 Å². The van der Waals surface area contributed by atoms with Crippen LogP contribution in [0.5, 0.6) is 0 Å². The molecular weight excluding hydrogens is 406 g/mol. The molecule has 0 saturated carbocycles. The van der Waals surface area contributed by atoms with Crippen molar-refractivity contribution < 1.29 is 14.2 Å². The van der Waals surface area contributed by atoms with Gasteiger partial charge in [0.15, 0.2) is 6.29 Å². The Morgan fingerprint density at radius 1 is 0.871 bits per heavy atom. The van der Waals surface area contributed by atoms with Gasteiger partial charge < -0.3 is 19.1 Å². The highest BCUT2D eigenvalue weighted by Gasteiger charge is 2.25. The molecule has 2 aliphatic rings. The van der Waals surface area contributed by atoms with Crippen LogP contribution in [0.15, 0.2) is 11.6 Å². The molecule has 2 rings (SSSR count). The predicted octanol–water partition coefficient (Wildman–Crippen LogP) is 7.48. The lowest BCUT2D eigenvalue weighted by Gasteiger charge is -2.14. The van der Waals surface area contributed by atoms with Crippen LogP contribution >= 0.6 is 11.8 Å². The van der Waals surface area contributed by atoms with E-state index in [9.17, 15) is 0 Å². The Morgan fingerprint density at radius 2 is 1.55 bits per heavy atom. The molecule has 4 nitrogen and oxygen atoms in total. The highest BCUT2D eigenvalue weighted by atomic mass is 32.2. The van der Waals surface area contributed by atoms with E-state index in [2.05, 4.69) is 23.4 Å². The minimum absolute atomic E-state index is 0.000706. The number of rotatable bonds is 21. The van der Waals surface area contributed by atoms with E-state index in [1.807, 2.05) is 11.8 Å². The lowest BCUT2D eigenvalue weighted by molar-refractivity contribution is -0.0761. The zero-order valence-corrected chi connectivity index (χ0v) is 21.1. The Balaban J connectivity index is 1.28. The summed E-state index contributed by atoms with van der Waals surface area (Å²) >= 11 is 1.87. The predicted molar refractivity (Wildman–Crippen MR) is 133 cm³/mol. The molecule has 0 spiro atoms. The number of hydrogen-bond acceptors (Lipinski definition) is 5. The highest BCUT2D eigenvalue weighted by molar-refractivity contribution is 8.02. The molecule has 2 atom stereocenters. The molecule has 2 unspecified atom stereocenters. The first-order valence-electron chi connectivity index (χ1n) is 13.3. The third kappa shape index (κ3) is 14.5. The summed E-state index contributed by atoms with van der Waals surface area (Å²) in [6.45, 7) is 5.62. The van der Waals surface area contributed by atoms with Gasteiger partial charge in [-0.2, -0.15) is 0 Å². The summed E-state index contributed by atoms with van der Waals surface area (Å²) in [7, 11) is 0. The molecule has 0 bridgehead atoms. The van der Waals surface area contributed by atoms with Crippen molar-refractivity contribution in [3.8, 4) is 0 Å². The third-order valence-electron chi connectivity index (χ3n) is 6.25. The van der Waals surface area contributed by atoms with Crippen molar-refractivity contribution in [1.29, 1.82) is 0 Å². The fraction of sp³-hybridized carbons (Fsp3) is 0.923. The first-order valence-corrected chi connectivity index (χ1v) is 14.3. The van der Waals surface area contributed by atoms with Crippen molar-refractivity contribution in [2.75, 3.05) is 32.2 Å². The molecule has 0 amide bonds. The van der Waals surface area contributed by atoms with Gasteiger partial charge in [-0.3, -0.25) is 0 Å². The first kappa shape index (κ1) is 27.0. The van der Waals surface area contributed by atoms with Gasteiger partial charge in [0.25, 0.3) is 0 Å².